The molecule has 0 saturated carbocycles. The average molecular weight is 292 g/mol. The number of esters is 1. The predicted molar refractivity (Wildman–Crippen MR) is 86.6 cm³/mol. The lowest BCUT2D eigenvalue weighted by atomic mass is 10.1. The zero-order valence-corrected chi connectivity index (χ0v) is 13.8. The second kappa shape index (κ2) is 6.97. The Labute approximate surface area is 126 Å². The number of carbonyl (C=O) groups excluding carboxylic acids is 1. The van der Waals surface area contributed by atoms with Crippen molar-refractivity contribution in [2.24, 2.45) is 4.99 Å². The van der Waals surface area contributed by atoms with Crippen LogP contribution in [0.5, 0.6) is 0 Å². The monoisotopic (exact) mass is 292 g/mol. The number of benzene rings is 1. The van der Waals surface area contributed by atoms with Crippen LogP contribution >= 0.6 is 0 Å². The van der Waals surface area contributed by atoms with Gasteiger partial charge in [-0.1, -0.05) is 0 Å². The SMILES string of the molecule is COC(=O)c1cc(N(C)C)ccc1N=C(N(C)C)N(C)C. The molecule has 0 saturated heterocycles. The molecule has 0 aliphatic rings. The molecule has 1 rings (SSSR count). The van der Waals surface area contributed by atoms with Gasteiger partial charge in [-0.05, 0) is 18.2 Å². The highest BCUT2D eigenvalue weighted by atomic mass is 16.5. The van der Waals surface area contributed by atoms with Crippen LogP contribution in [0.15, 0.2) is 23.2 Å². The number of hydrogen-bond donors (Lipinski definition) is 0. The van der Waals surface area contributed by atoms with Gasteiger partial charge in [0, 0.05) is 48.0 Å². The molecule has 1 aromatic carbocycles. The van der Waals surface area contributed by atoms with Crippen LogP contribution in [0, 0.1) is 0 Å². The predicted octanol–water partition coefficient (Wildman–Crippen LogP) is 1.65. The van der Waals surface area contributed by atoms with Gasteiger partial charge in [-0.15, -0.1) is 0 Å². The molecule has 6 heteroatoms. The van der Waals surface area contributed by atoms with Gasteiger partial charge in [-0.2, -0.15) is 0 Å². The first kappa shape index (κ1) is 16.8. The van der Waals surface area contributed by atoms with Crippen LogP contribution in [-0.4, -0.2) is 71.1 Å². The maximum Gasteiger partial charge on any atom is 0.340 e. The average Bonchev–Trinajstić information content (AvgIpc) is 2.42. The number of hydrogen-bond acceptors (Lipinski definition) is 4. The van der Waals surface area contributed by atoms with E-state index < -0.39 is 5.97 Å². The summed E-state index contributed by atoms with van der Waals surface area (Å²) in [6.45, 7) is 0. The van der Waals surface area contributed by atoms with E-state index in [1.807, 2.05) is 69.1 Å². The third-order valence-corrected chi connectivity index (χ3v) is 2.92. The van der Waals surface area contributed by atoms with Crippen molar-refractivity contribution in [3.63, 3.8) is 0 Å². The van der Waals surface area contributed by atoms with Crippen molar-refractivity contribution < 1.29 is 9.53 Å². The minimum Gasteiger partial charge on any atom is -0.465 e. The Morgan fingerprint density at radius 1 is 1.05 bits per heavy atom. The molecule has 0 aromatic heterocycles. The Hall–Kier alpha value is -2.24. The lowest BCUT2D eigenvalue weighted by molar-refractivity contribution is 0.0602. The minimum absolute atomic E-state index is 0.394. The summed E-state index contributed by atoms with van der Waals surface area (Å²) < 4.78 is 4.86. The van der Waals surface area contributed by atoms with Crippen LogP contribution in [0.25, 0.3) is 0 Å². The summed E-state index contributed by atoms with van der Waals surface area (Å²) in [6.07, 6.45) is 0. The summed E-state index contributed by atoms with van der Waals surface area (Å²) >= 11 is 0. The molecule has 116 valence electrons. The highest BCUT2D eigenvalue weighted by Crippen LogP contribution is 2.26. The molecule has 21 heavy (non-hydrogen) atoms. The molecule has 0 bridgehead atoms. The van der Waals surface area contributed by atoms with Crippen LogP contribution < -0.4 is 4.90 Å². The molecular weight excluding hydrogens is 268 g/mol. The van der Waals surface area contributed by atoms with E-state index >= 15 is 0 Å². The summed E-state index contributed by atoms with van der Waals surface area (Å²) in [6, 6.07) is 5.54. The smallest absolute Gasteiger partial charge is 0.340 e. The summed E-state index contributed by atoms with van der Waals surface area (Å²) in [4.78, 5) is 22.3. The third kappa shape index (κ3) is 4.11. The fraction of sp³-hybridized carbons (Fsp3) is 0.467. The standard InChI is InChI=1S/C15H24N4O2/c1-17(2)11-8-9-13(12(10-11)14(20)21-7)16-15(18(3)4)19(5)6/h8-10H,1-7H3. The summed E-state index contributed by atoms with van der Waals surface area (Å²) in [5.41, 5.74) is 1.96. The van der Waals surface area contributed by atoms with Gasteiger partial charge in [0.1, 0.15) is 0 Å². The first-order valence-corrected chi connectivity index (χ1v) is 6.61. The van der Waals surface area contributed by atoms with Crippen molar-refractivity contribution in [1.82, 2.24) is 9.80 Å². The molecule has 0 unspecified atom stereocenters. The maximum atomic E-state index is 12.0. The minimum atomic E-state index is -0.394. The zero-order chi connectivity index (χ0) is 16.2. The van der Waals surface area contributed by atoms with Crippen LogP contribution in [0.1, 0.15) is 10.4 Å². The van der Waals surface area contributed by atoms with E-state index in [0.29, 0.717) is 11.3 Å². The van der Waals surface area contributed by atoms with E-state index in [1.165, 1.54) is 7.11 Å². The Kier molecular flexibility index (Phi) is 5.58. The molecule has 0 radical (unpaired) electrons. The van der Waals surface area contributed by atoms with Gasteiger partial charge in [0.15, 0.2) is 0 Å². The lowest BCUT2D eigenvalue weighted by Gasteiger charge is -2.23. The Morgan fingerprint density at radius 2 is 1.62 bits per heavy atom. The van der Waals surface area contributed by atoms with Gasteiger partial charge >= 0.3 is 5.97 Å². The van der Waals surface area contributed by atoms with Gasteiger partial charge in [-0.3, -0.25) is 0 Å². The number of nitrogens with zero attached hydrogens (tertiary/aromatic N) is 4. The summed E-state index contributed by atoms with van der Waals surface area (Å²) in [7, 11) is 12.8. The van der Waals surface area contributed by atoms with E-state index in [2.05, 4.69) is 4.99 Å². The fourth-order valence-corrected chi connectivity index (χ4v) is 1.88. The molecule has 0 fully saturated rings. The molecule has 0 N–H and O–H groups in total. The maximum absolute atomic E-state index is 12.0. The molecule has 6 nitrogen and oxygen atoms in total. The van der Waals surface area contributed by atoms with Gasteiger partial charge in [-0.25, -0.2) is 9.79 Å². The number of anilines is 1. The van der Waals surface area contributed by atoms with Crippen LogP contribution in [0.3, 0.4) is 0 Å². The second-order valence-electron chi connectivity index (χ2n) is 5.29. The van der Waals surface area contributed by atoms with Crippen LogP contribution in [0.2, 0.25) is 0 Å². The number of methoxy groups -OCH3 is 1. The van der Waals surface area contributed by atoms with E-state index in [1.54, 1.807) is 6.07 Å². The zero-order valence-electron chi connectivity index (χ0n) is 13.8. The van der Waals surface area contributed by atoms with E-state index in [0.717, 1.165) is 11.6 Å². The molecule has 0 aliphatic carbocycles. The topological polar surface area (TPSA) is 48.4 Å². The van der Waals surface area contributed by atoms with Crippen molar-refractivity contribution in [1.29, 1.82) is 0 Å². The second-order valence-corrected chi connectivity index (χ2v) is 5.29. The molecule has 0 amide bonds. The molecule has 0 heterocycles. The molecular formula is C15H24N4O2. The summed E-state index contributed by atoms with van der Waals surface area (Å²) in [5.74, 6) is 0.354. The van der Waals surface area contributed by atoms with Crippen LogP contribution in [-0.2, 0) is 4.74 Å². The first-order chi connectivity index (χ1) is 9.77. The highest BCUT2D eigenvalue weighted by Gasteiger charge is 2.15. The molecule has 0 atom stereocenters. The molecule has 1 aromatic rings. The first-order valence-electron chi connectivity index (χ1n) is 6.61. The van der Waals surface area contributed by atoms with Crippen molar-refractivity contribution in [2.75, 3.05) is 54.3 Å². The van der Waals surface area contributed by atoms with Gasteiger partial charge in [0.25, 0.3) is 0 Å². The van der Waals surface area contributed by atoms with Crippen LogP contribution in [0.4, 0.5) is 11.4 Å². The van der Waals surface area contributed by atoms with Gasteiger partial charge in [0.05, 0.1) is 18.4 Å². The van der Waals surface area contributed by atoms with Crippen molar-refractivity contribution in [3.8, 4) is 0 Å². The van der Waals surface area contributed by atoms with E-state index in [9.17, 15) is 4.79 Å². The van der Waals surface area contributed by atoms with Crippen molar-refractivity contribution in [2.45, 2.75) is 0 Å². The number of carbonyl (C=O) groups is 1. The Morgan fingerprint density at radius 3 is 2.05 bits per heavy atom. The number of ether oxygens (including phenoxy) is 1. The Balaban J connectivity index is 3.41. The summed E-state index contributed by atoms with van der Waals surface area (Å²) in [5, 5.41) is 0. The third-order valence-electron chi connectivity index (χ3n) is 2.92. The molecule has 0 spiro atoms. The number of rotatable bonds is 3. The number of aliphatic imine (C=N–C) groups is 1. The van der Waals surface area contributed by atoms with Crippen molar-refractivity contribution in [3.05, 3.63) is 23.8 Å². The largest absolute Gasteiger partial charge is 0.465 e. The normalized spacial score (nSPS) is 9.86. The fourth-order valence-electron chi connectivity index (χ4n) is 1.88. The van der Waals surface area contributed by atoms with E-state index in [-0.39, 0.29) is 0 Å². The Bertz CT molecular complexity index is 526. The molecule has 0 aliphatic heterocycles. The van der Waals surface area contributed by atoms with E-state index in [4.69, 9.17) is 4.74 Å². The number of guanidine groups is 1. The van der Waals surface area contributed by atoms with Gasteiger partial charge < -0.3 is 19.4 Å². The lowest BCUT2D eigenvalue weighted by Crippen LogP contribution is -2.35. The van der Waals surface area contributed by atoms with Crippen molar-refractivity contribution >= 4 is 23.3 Å². The quantitative estimate of drug-likeness (QED) is 0.482. The highest BCUT2D eigenvalue weighted by molar-refractivity contribution is 5.97. The van der Waals surface area contributed by atoms with Gasteiger partial charge in [0.2, 0.25) is 5.96 Å².